The van der Waals surface area contributed by atoms with Crippen LogP contribution in [0.1, 0.15) is 17.2 Å². The van der Waals surface area contributed by atoms with E-state index in [2.05, 4.69) is 12.4 Å². The van der Waals surface area contributed by atoms with E-state index in [0.29, 0.717) is 24.2 Å². The number of alkyl halides is 2. The van der Waals surface area contributed by atoms with Crippen LogP contribution in [0.2, 0.25) is 0 Å². The number of aryl methyl sites for hydroxylation is 1. The minimum absolute atomic E-state index is 0.218. The van der Waals surface area contributed by atoms with Crippen LogP contribution in [0.4, 0.5) is 9.18 Å². The lowest BCUT2D eigenvalue weighted by Crippen LogP contribution is -3.12. The van der Waals surface area contributed by atoms with Crippen molar-refractivity contribution in [1.82, 2.24) is 10.2 Å². The van der Waals surface area contributed by atoms with Crippen LogP contribution in [0, 0.1) is 12.7 Å². The number of carbonyl (C=O) groups excluding carboxylic acids is 1. The molecule has 22 heavy (non-hydrogen) atoms. The summed E-state index contributed by atoms with van der Waals surface area (Å²) in [6, 6.07) is 3.89. The first-order valence-electron chi connectivity index (χ1n) is 7.29. The second kappa shape index (κ2) is 7.49. The summed E-state index contributed by atoms with van der Waals surface area (Å²) in [5, 5.41) is 2.81. The number of hydrogen-bond donors (Lipinski definition) is 2. The zero-order chi connectivity index (χ0) is 16.3. The van der Waals surface area contributed by atoms with Crippen LogP contribution in [-0.4, -0.2) is 49.0 Å². The van der Waals surface area contributed by atoms with Crippen molar-refractivity contribution in [2.24, 2.45) is 0 Å². The fraction of sp³-hybridized carbons (Fsp3) is 0.533. The number of halogens is 3. The van der Waals surface area contributed by atoms with Gasteiger partial charge < -0.3 is 15.1 Å². The predicted octanol–water partition coefficient (Wildman–Crippen LogP) is 1.52. The van der Waals surface area contributed by atoms with E-state index in [9.17, 15) is 9.18 Å². The van der Waals surface area contributed by atoms with Gasteiger partial charge in [-0.15, -0.1) is 23.2 Å². The molecule has 4 nitrogen and oxygen atoms in total. The number of carbonyl (C=O) groups is 1. The second-order valence-corrected chi connectivity index (χ2v) is 6.88. The minimum Gasteiger partial charge on any atom is -0.334 e. The summed E-state index contributed by atoms with van der Waals surface area (Å²) >= 11 is 12.0. The average Bonchev–Trinajstić information content (AvgIpc) is 2.48. The SMILES string of the molecule is Cc1ccc([C@@H](NC(=O)N2CC[NH+](C)CC2)C(Cl)Cl)cc1F. The number of amides is 2. The van der Waals surface area contributed by atoms with Crippen molar-refractivity contribution in [2.45, 2.75) is 17.8 Å². The summed E-state index contributed by atoms with van der Waals surface area (Å²) in [4.78, 5) is 14.6. The lowest BCUT2D eigenvalue weighted by Gasteiger charge is -2.32. The van der Waals surface area contributed by atoms with Crippen molar-refractivity contribution in [3.63, 3.8) is 0 Å². The number of piperazine rings is 1. The van der Waals surface area contributed by atoms with Gasteiger partial charge >= 0.3 is 6.03 Å². The molecule has 1 heterocycles. The Hall–Kier alpha value is -1.04. The molecule has 0 aliphatic carbocycles. The molecule has 2 rings (SSSR count). The third-order valence-corrected chi connectivity index (χ3v) is 4.49. The van der Waals surface area contributed by atoms with Gasteiger partial charge in [0.1, 0.15) is 10.7 Å². The van der Waals surface area contributed by atoms with Crippen molar-refractivity contribution >= 4 is 29.2 Å². The number of rotatable bonds is 3. The summed E-state index contributed by atoms with van der Waals surface area (Å²) in [5.41, 5.74) is 1.10. The van der Waals surface area contributed by atoms with Gasteiger partial charge in [-0.2, -0.15) is 0 Å². The number of likely N-dealkylation sites (N-methyl/N-ethyl adjacent to an activating group) is 1. The van der Waals surface area contributed by atoms with Crippen LogP contribution in [0.15, 0.2) is 18.2 Å². The maximum absolute atomic E-state index is 13.7. The monoisotopic (exact) mass is 348 g/mol. The fourth-order valence-electron chi connectivity index (χ4n) is 2.41. The number of quaternary nitrogens is 1. The standard InChI is InChI=1S/C15H20Cl2FN3O/c1-10-3-4-11(9-12(10)18)13(14(16)17)19-15(22)21-7-5-20(2)6-8-21/h3-4,9,13-14H,5-8H2,1-2H3,(H,19,22)/p+1/t13-/m1/s1. The molecular weight excluding hydrogens is 328 g/mol. The number of nitrogens with one attached hydrogen (secondary N) is 2. The van der Waals surface area contributed by atoms with Crippen molar-refractivity contribution in [3.05, 3.63) is 35.1 Å². The third-order valence-electron chi connectivity index (χ3n) is 3.99. The Morgan fingerprint density at radius 2 is 2.00 bits per heavy atom. The number of hydrogen-bond acceptors (Lipinski definition) is 1. The molecule has 2 amide bonds. The van der Waals surface area contributed by atoms with Crippen LogP contribution in [0.25, 0.3) is 0 Å². The first-order valence-corrected chi connectivity index (χ1v) is 8.16. The minimum atomic E-state index is -0.857. The molecular formula is C15H21Cl2FN3O+. The molecule has 1 aromatic rings. The number of nitrogens with zero attached hydrogens (tertiary/aromatic N) is 1. The highest BCUT2D eigenvalue weighted by molar-refractivity contribution is 6.44. The van der Waals surface area contributed by atoms with E-state index < -0.39 is 10.9 Å². The molecule has 0 unspecified atom stereocenters. The molecule has 0 aromatic heterocycles. The van der Waals surface area contributed by atoms with E-state index >= 15 is 0 Å². The molecule has 2 N–H and O–H groups in total. The Morgan fingerprint density at radius 3 is 2.55 bits per heavy atom. The summed E-state index contributed by atoms with van der Waals surface area (Å²) in [6.45, 7) is 4.85. The molecule has 1 atom stereocenters. The molecule has 1 aliphatic heterocycles. The zero-order valence-corrected chi connectivity index (χ0v) is 14.2. The Labute approximate surface area is 140 Å². The molecule has 1 aliphatic rings. The highest BCUT2D eigenvalue weighted by Gasteiger charge is 2.27. The summed E-state index contributed by atoms with van der Waals surface area (Å²) < 4.78 is 13.7. The Bertz CT molecular complexity index is 534. The van der Waals surface area contributed by atoms with Gasteiger partial charge in [0.15, 0.2) is 0 Å². The lowest BCUT2D eigenvalue weighted by molar-refractivity contribution is -0.883. The Kier molecular flexibility index (Phi) is 5.89. The molecule has 1 fully saturated rings. The highest BCUT2D eigenvalue weighted by atomic mass is 35.5. The molecule has 7 heteroatoms. The van der Waals surface area contributed by atoms with Crippen molar-refractivity contribution in [2.75, 3.05) is 33.2 Å². The van der Waals surface area contributed by atoms with Gasteiger partial charge in [0.05, 0.1) is 39.3 Å². The first-order chi connectivity index (χ1) is 10.4. The van der Waals surface area contributed by atoms with Crippen molar-refractivity contribution in [3.8, 4) is 0 Å². The average molecular weight is 349 g/mol. The van der Waals surface area contributed by atoms with E-state index in [1.807, 2.05) is 0 Å². The predicted molar refractivity (Wildman–Crippen MR) is 86.1 cm³/mol. The van der Waals surface area contributed by atoms with E-state index in [1.165, 1.54) is 11.0 Å². The first kappa shape index (κ1) is 17.3. The maximum atomic E-state index is 13.7. The van der Waals surface area contributed by atoms with Crippen LogP contribution >= 0.6 is 23.2 Å². The van der Waals surface area contributed by atoms with Crippen LogP contribution in [0.3, 0.4) is 0 Å². The van der Waals surface area contributed by atoms with E-state index in [1.54, 1.807) is 24.0 Å². The smallest absolute Gasteiger partial charge is 0.318 e. The zero-order valence-electron chi connectivity index (χ0n) is 12.7. The van der Waals surface area contributed by atoms with Gasteiger partial charge in [-0.3, -0.25) is 0 Å². The second-order valence-electron chi connectivity index (χ2n) is 5.71. The molecule has 0 radical (unpaired) electrons. The fourth-order valence-corrected chi connectivity index (χ4v) is 2.83. The van der Waals surface area contributed by atoms with Crippen molar-refractivity contribution in [1.29, 1.82) is 0 Å². The van der Waals surface area contributed by atoms with Crippen molar-refractivity contribution < 1.29 is 14.1 Å². The van der Waals surface area contributed by atoms with Gasteiger partial charge in [-0.25, -0.2) is 9.18 Å². The Balaban J connectivity index is 2.08. The van der Waals surface area contributed by atoms with E-state index in [-0.39, 0.29) is 11.8 Å². The van der Waals surface area contributed by atoms with Gasteiger partial charge in [0.2, 0.25) is 0 Å². The molecule has 0 saturated carbocycles. The highest BCUT2D eigenvalue weighted by Crippen LogP contribution is 2.26. The summed E-state index contributed by atoms with van der Waals surface area (Å²) in [5.74, 6) is -0.339. The van der Waals surface area contributed by atoms with Gasteiger partial charge in [-0.1, -0.05) is 12.1 Å². The number of benzene rings is 1. The molecule has 0 bridgehead atoms. The molecule has 1 aromatic carbocycles. The normalized spacial score (nSPS) is 17.6. The molecule has 0 spiro atoms. The topological polar surface area (TPSA) is 36.8 Å². The van der Waals surface area contributed by atoms with Gasteiger partial charge in [-0.05, 0) is 24.1 Å². The Morgan fingerprint density at radius 1 is 1.36 bits per heavy atom. The van der Waals surface area contributed by atoms with Crippen LogP contribution < -0.4 is 10.2 Å². The van der Waals surface area contributed by atoms with Gasteiger partial charge in [0, 0.05) is 0 Å². The number of urea groups is 1. The quantitative estimate of drug-likeness (QED) is 0.798. The molecule has 122 valence electrons. The third kappa shape index (κ3) is 4.24. The molecule has 1 saturated heterocycles. The summed E-state index contributed by atoms with van der Waals surface area (Å²) in [6.07, 6.45) is 0. The van der Waals surface area contributed by atoms with Gasteiger partial charge in [0.25, 0.3) is 0 Å². The summed E-state index contributed by atoms with van der Waals surface area (Å²) in [7, 11) is 2.10. The van der Waals surface area contributed by atoms with Crippen LogP contribution in [-0.2, 0) is 0 Å². The lowest BCUT2D eigenvalue weighted by atomic mass is 10.1. The van der Waals surface area contributed by atoms with E-state index in [4.69, 9.17) is 23.2 Å². The van der Waals surface area contributed by atoms with E-state index in [0.717, 1.165) is 13.1 Å². The largest absolute Gasteiger partial charge is 0.334 e. The maximum Gasteiger partial charge on any atom is 0.318 e. The van der Waals surface area contributed by atoms with Crippen LogP contribution in [0.5, 0.6) is 0 Å².